The molecule has 2 N–H and O–H groups in total. The Morgan fingerprint density at radius 1 is 0.853 bits per heavy atom. The summed E-state index contributed by atoms with van der Waals surface area (Å²) in [4.78, 5) is 24.6. The van der Waals surface area contributed by atoms with Gasteiger partial charge in [-0.15, -0.1) is 0 Å². The second kappa shape index (κ2) is 10.6. The third-order valence-electron chi connectivity index (χ3n) is 5.08. The van der Waals surface area contributed by atoms with Gasteiger partial charge in [-0.05, 0) is 71.8 Å². The molecule has 0 radical (unpaired) electrons. The van der Waals surface area contributed by atoms with E-state index in [0.29, 0.717) is 27.7 Å². The molecule has 34 heavy (non-hydrogen) atoms. The standard InChI is InChI=1S/C27H22ClN3O3/c1-18(21-7-4-8-24(15-21)29-27(33)20-9-12-23(28)13-10-20)30-31-26(32)17-34-25-14-11-19-5-2-3-6-22(19)16-25/h2-16H,17H2,1H3,(H,29,33)(H,31,32)/b30-18-. The van der Waals surface area contributed by atoms with Crippen LogP contribution in [0.4, 0.5) is 5.69 Å². The number of fused-ring (bicyclic) bond motifs is 1. The van der Waals surface area contributed by atoms with Crippen LogP contribution in [0.1, 0.15) is 22.8 Å². The lowest BCUT2D eigenvalue weighted by molar-refractivity contribution is -0.123. The van der Waals surface area contributed by atoms with Gasteiger partial charge in [0, 0.05) is 16.3 Å². The molecule has 0 fully saturated rings. The molecule has 6 nitrogen and oxygen atoms in total. The van der Waals surface area contributed by atoms with Gasteiger partial charge in [-0.25, -0.2) is 5.43 Å². The molecule has 4 rings (SSSR count). The maximum Gasteiger partial charge on any atom is 0.277 e. The minimum atomic E-state index is -0.375. The van der Waals surface area contributed by atoms with Crippen molar-refractivity contribution in [1.29, 1.82) is 0 Å². The molecule has 7 heteroatoms. The number of ether oxygens (including phenoxy) is 1. The SMILES string of the molecule is C/C(=N/NC(=O)COc1ccc2ccccc2c1)c1cccc(NC(=O)c2ccc(Cl)cc2)c1. The summed E-state index contributed by atoms with van der Waals surface area (Å²) in [5.41, 5.74) is 4.95. The highest BCUT2D eigenvalue weighted by atomic mass is 35.5. The second-order valence-electron chi connectivity index (χ2n) is 7.57. The molecule has 0 spiro atoms. The molecular formula is C27H22ClN3O3. The van der Waals surface area contributed by atoms with Crippen LogP contribution in [0, 0.1) is 0 Å². The van der Waals surface area contributed by atoms with Crippen LogP contribution in [0.25, 0.3) is 10.8 Å². The first-order valence-electron chi connectivity index (χ1n) is 10.6. The molecular weight excluding hydrogens is 450 g/mol. The predicted octanol–water partition coefficient (Wildman–Crippen LogP) is 5.66. The number of nitrogens with zero attached hydrogens (tertiary/aromatic N) is 1. The molecule has 0 heterocycles. The highest BCUT2D eigenvalue weighted by molar-refractivity contribution is 6.30. The van der Waals surface area contributed by atoms with Crippen molar-refractivity contribution < 1.29 is 14.3 Å². The molecule has 170 valence electrons. The Morgan fingerprint density at radius 2 is 1.62 bits per heavy atom. The number of carbonyl (C=O) groups excluding carboxylic acids is 2. The molecule has 4 aromatic carbocycles. The third-order valence-corrected chi connectivity index (χ3v) is 5.34. The number of anilines is 1. The minimum absolute atomic E-state index is 0.160. The van der Waals surface area contributed by atoms with Gasteiger partial charge in [0.05, 0.1) is 5.71 Å². The number of halogens is 1. The number of nitrogens with one attached hydrogen (secondary N) is 2. The van der Waals surface area contributed by atoms with Gasteiger partial charge in [0.25, 0.3) is 11.8 Å². The van der Waals surface area contributed by atoms with Crippen LogP contribution in [-0.2, 0) is 4.79 Å². The Kier molecular flexibility index (Phi) is 7.20. The highest BCUT2D eigenvalue weighted by Gasteiger charge is 2.08. The van der Waals surface area contributed by atoms with Crippen molar-refractivity contribution in [2.24, 2.45) is 5.10 Å². The summed E-state index contributed by atoms with van der Waals surface area (Å²) in [6, 6.07) is 27.4. The van der Waals surface area contributed by atoms with Gasteiger partial charge < -0.3 is 10.1 Å². The van der Waals surface area contributed by atoms with E-state index < -0.39 is 0 Å². The number of carbonyl (C=O) groups is 2. The molecule has 2 amide bonds. The molecule has 4 aromatic rings. The van der Waals surface area contributed by atoms with Crippen molar-refractivity contribution in [3.63, 3.8) is 0 Å². The Balaban J connectivity index is 1.33. The van der Waals surface area contributed by atoms with E-state index in [-0.39, 0.29) is 18.4 Å². The number of hydrazone groups is 1. The zero-order valence-electron chi connectivity index (χ0n) is 18.4. The fourth-order valence-electron chi connectivity index (χ4n) is 3.28. The van der Waals surface area contributed by atoms with E-state index in [1.54, 1.807) is 49.4 Å². The minimum Gasteiger partial charge on any atom is -0.484 e. The topological polar surface area (TPSA) is 79.8 Å². The van der Waals surface area contributed by atoms with Crippen LogP contribution in [0.3, 0.4) is 0 Å². The van der Waals surface area contributed by atoms with Gasteiger partial charge in [0.2, 0.25) is 0 Å². The smallest absolute Gasteiger partial charge is 0.277 e. The third kappa shape index (κ3) is 5.99. The van der Waals surface area contributed by atoms with Crippen molar-refractivity contribution in [3.05, 3.63) is 107 Å². The Bertz CT molecular complexity index is 1370. The van der Waals surface area contributed by atoms with E-state index in [9.17, 15) is 9.59 Å². The average molecular weight is 472 g/mol. The second-order valence-corrected chi connectivity index (χ2v) is 8.01. The number of benzene rings is 4. The number of hydrogen-bond acceptors (Lipinski definition) is 4. The number of hydrogen-bond donors (Lipinski definition) is 2. The zero-order chi connectivity index (χ0) is 23.9. The molecule has 0 atom stereocenters. The highest BCUT2D eigenvalue weighted by Crippen LogP contribution is 2.20. The first-order chi connectivity index (χ1) is 16.5. The van der Waals surface area contributed by atoms with Gasteiger partial charge in [-0.2, -0.15) is 5.10 Å². The molecule has 0 aliphatic heterocycles. The Labute approximate surface area is 202 Å². The maximum atomic E-state index is 12.4. The summed E-state index contributed by atoms with van der Waals surface area (Å²) >= 11 is 5.87. The van der Waals surface area contributed by atoms with E-state index in [4.69, 9.17) is 16.3 Å². The lowest BCUT2D eigenvalue weighted by Gasteiger charge is -2.09. The number of amides is 2. The first kappa shape index (κ1) is 23.0. The van der Waals surface area contributed by atoms with Crippen molar-refractivity contribution in [3.8, 4) is 5.75 Å². The van der Waals surface area contributed by atoms with Gasteiger partial charge in [-0.3, -0.25) is 9.59 Å². The first-order valence-corrected chi connectivity index (χ1v) is 11.0. The molecule has 0 saturated heterocycles. The van der Waals surface area contributed by atoms with Gasteiger partial charge in [-0.1, -0.05) is 54.1 Å². The van der Waals surface area contributed by atoms with E-state index in [1.807, 2.05) is 48.5 Å². The quantitative estimate of drug-likeness (QED) is 0.269. The van der Waals surface area contributed by atoms with E-state index in [2.05, 4.69) is 15.8 Å². The summed E-state index contributed by atoms with van der Waals surface area (Å²) < 4.78 is 5.59. The van der Waals surface area contributed by atoms with Crippen LogP contribution in [-0.4, -0.2) is 24.1 Å². The van der Waals surface area contributed by atoms with Crippen LogP contribution in [0.15, 0.2) is 96.1 Å². The summed E-state index contributed by atoms with van der Waals surface area (Å²) in [5.74, 6) is -0.0130. The largest absolute Gasteiger partial charge is 0.484 e. The molecule has 0 saturated carbocycles. The Hall–Kier alpha value is -4.16. The van der Waals surface area contributed by atoms with Crippen molar-refractivity contribution in [2.75, 3.05) is 11.9 Å². The summed E-state index contributed by atoms with van der Waals surface area (Å²) in [7, 11) is 0. The summed E-state index contributed by atoms with van der Waals surface area (Å²) in [6.07, 6.45) is 0. The van der Waals surface area contributed by atoms with E-state index in [1.165, 1.54) is 0 Å². The van der Waals surface area contributed by atoms with Gasteiger partial charge in [0.1, 0.15) is 5.75 Å². The van der Waals surface area contributed by atoms with Crippen molar-refractivity contribution >= 4 is 45.6 Å². The van der Waals surface area contributed by atoms with Gasteiger partial charge in [0.15, 0.2) is 6.61 Å². The average Bonchev–Trinajstić information content (AvgIpc) is 2.86. The van der Waals surface area contributed by atoms with Crippen LogP contribution < -0.4 is 15.5 Å². The maximum absolute atomic E-state index is 12.4. The molecule has 0 aliphatic rings. The molecule has 0 aliphatic carbocycles. The number of rotatable bonds is 7. The Morgan fingerprint density at radius 3 is 2.41 bits per heavy atom. The van der Waals surface area contributed by atoms with Crippen molar-refractivity contribution in [2.45, 2.75) is 6.92 Å². The normalized spacial score (nSPS) is 11.2. The fraction of sp³-hybridized carbons (Fsp3) is 0.0741. The summed E-state index contributed by atoms with van der Waals surface area (Å²) in [6.45, 7) is 1.61. The lowest BCUT2D eigenvalue weighted by Crippen LogP contribution is -2.25. The molecule has 0 bridgehead atoms. The monoisotopic (exact) mass is 471 g/mol. The van der Waals surface area contributed by atoms with E-state index in [0.717, 1.165) is 16.3 Å². The van der Waals surface area contributed by atoms with Crippen LogP contribution in [0.5, 0.6) is 5.75 Å². The zero-order valence-corrected chi connectivity index (χ0v) is 19.2. The van der Waals surface area contributed by atoms with Crippen molar-refractivity contribution in [1.82, 2.24) is 5.43 Å². The van der Waals surface area contributed by atoms with Crippen LogP contribution >= 0.6 is 11.6 Å². The van der Waals surface area contributed by atoms with E-state index >= 15 is 0 Å². The molecule has 0 unspecified atom stereocenters. The molecule has 0 aromatic heterocycles. The fourth-order valence-corrected chi connectivity index (χ4v) is 3.40. The van der Waals surface area contributed by atoms with Crippen LogP contribution in [0.2, 0.25) is 5.02 Å². The predicted molar refractivity (Wildman–Crippen MR) is 136 cm³/mol. The summed E-state index contributed by atoms with van der Waals surface area (Å²) in [5, 5.41) is 9.71. The lowest BCUT2D eigenvalue weighted by atomic mass is 10.1. The van der Waals surface area contributed by atoms with Gasteiger partial charge >= 0.3 is 0 Å².